The summed E-state index contributed by atoms with van der Waals surface area (Å²) in [4.78, 5) is 18.9. The van der Waals surface area contributed by atoms with E-state index >= 15 is 0 Å². The minimum Gasteiger partial charge on any atom is -0.459 e. The Kier molecular flexibility index (Phi) is 4.82. The zero-order valence-corrected chi connectivity index (χ0v) is 14.3. The van der Waals surface area contributed by atoms with E-state index in [1.54, 1.807) is 6.92 Å². The van der Waals surface area contributed by atoms with Crippen LogP contribution in [0.4, 0.5) is 0 Å². The molecule has 0 radical (unpaired) electrons. The number of likely N-dealkylation sites (tertiary alicyclic amines) is 1. The van der Waals surface area contributed by atoms with E-state index < -0.39 is 6.10 Å². The average molecular weight is 334 g/mol. The van der Waals surface area contributed by atoms with Gasteiger partial charge < -0.3 is 14.4 Å². The molecule has 2 aromatic rings. The van der Waals surface area contributed by atoms with Gasteiger partial charge in [0.15, 0.2) is 10.8 Å². The summed E-state index contributed by atoms with van der Waals surface area (Å²) in [5.74, 6) is 1.63. The number of hydrogen-bond acceptors (Lipinski definition) is 5. The molecule has 1 aliphatic heterocycles. The monoisotopic (exact) mass is 334 g/mol. The SMILES string of the molecule is Cc1ccc(-c2nc(CC(=O)N3CCCCC3C(C)O)cs2)o1. The summed E-state index contributed by atoms with van der Waals surface area (Å²) in [6, 6.07) is 3.73. The number of amides is 1. The molecule has 0 spiro atoms. The van der Waals surface area contributed by atoms with Crippen LogP contribution in [-0.4, -0.2) is 39.6 Å². The van der Waals surface area contributed by atoms with Crippen LogP contribution < -0.4 is 0 Å². The minimum absolute atomic E-state index is 0.0445. The summed E-state index contributed by atoms with van der Waals surface area (Å²) in [6.07, 6.45) is 2.73. The second-order valence-electron chi connectivity index (χ2n) is 6.12. The smallest absolute Gasteiger partial charge is 0.228 e. The molecule has 2 unspecified atom stereocenters. The largest absolute Gasteiger partial charge is 0.459 e. The molecule has 23 heavy (non-hydrogen) atoms. The first kappa shape index (κ1) is 16.2. The molecule has 2 aromatic heterocycles. The number of aliphatic hydroxyl groups is 1. The predicted octanol–water partition coefficient (Wildman–Crippen LogP) is 3.02. The van der Waals surface area contributed by atoms with E-state index in [4.69, 9.17) is 4.42 Å². The first-order valence-electron chi connectivity index (χ1n) is 8.03. The van der Waals surface area contributed by atoms with Gasteiger partial charge in [-0.2, -0.15) is 0 Å². The Hall–Kier alpha value is -1.66. The number of aryl methyl sites for hydroxylation is 1. The lowest BCUT2D eigenvalue weighted by Gasteiger charge is -2.37. The second-order valence-corrected chi connectivity index (χ2v) is 6.98. The molecule has 0 saturated carbocycles. The lowest BCUT2D eigenvalue weighted by molar-refractivity contribution is -0.137. The predicted molar refractivity (Wildman–Crippen MR) is 89.3 cm³/mol. The summed E-state index contributed by atoms with van der Waals surface area (Å²) in [7, 11) is 0. The lowest BCUT2D eigenvalue weighted by atomic mass is 9.97. The van der Waals surface area contributed by atoms with Crippen molar-refractivity contribution in [2.24, 2.45) is 0 Å². The summed E-state index contributed by atoms with van der Waals surface area (Å²) in [6.45, 7) is 4.38. The van der Waals surface area contributed by atoms with Gasteiger partial charge in [-0.05, 0) is 45.2 Å². The van der Waals surface area contributed by atoms with Crippen molar-refractivity contribution in [3.63, 3.8) is 0 Å². The third-order valence-corrected chi connectivity index (χ3v) is 5.17. The number of hydrogen-bond donors (Lipinski definition) is 1. The van der Waals surface area contributed by atoms with Crippen molar-refractivity contribution >= 4 is 17.2 Å². The number of thiazole rings is 1. The molecule has 0 aromatic carbocycles. The molecule has 1 saturated heterocycles. The Labute approximate surface area is 140 Å². The van der Waals surface area contributed by atoms with E-state index in [9.17, 15) is 9.90 Å². The van der Waals surface area contributed by atoms with Crippen molar-refractivity contribution in [3.05, 3.63) is 29.0 Å². The number of piperidine rings is 1. The van der Waals surface area contributed by atoms with Gasteiger partial charge in [0, 0.05) is 11.9 Å². The molecule has 3 heterocycles. The fourth-order valence-corrected chi connectivity index (χ4v) is 3.86. The van der Waals surface area contributed by atoms with Gasteiger partial charge in [-0.25, -0.2) is 4.98 Å². The Morgan fingerprint density at radius 3 is 3.04 bits per heavy atom. The number of carbonyl (C=O) groups excluding carboxylic acids is 1. The van der Waals surface area contributed by atoms with E-state index in [2.05, 4.69) is 4.98 Å². The molecular formula is C17H22N2O3S. The van der Waals surface area contributed by atoms with Crippen LogP contribution in [0.2, 0.25) is 0 Å². The summed E-state index contributed by atoms with van der Waals surface area (Å²) in [5.41, 5.74) is 0.763. The number of rotatable bonds is 4. The van der Waals surface area contributed by atoms with E-state index in [0.29, 0.717) is 0 Å². The van der Waals surface area contributed by atoms with Gasteiger partial charge in [0.1, 0.15) is 5.76 Å². The highest BCUT2D eigenvalue weighted by Crippen LogP contribution is 2.26. The molecule has 0 bridgehead atoms. The highest BCUT2D eigenvalue weighted by Gasteiger charge is 2.30. The fraction of sp³-hybridized carbons (Fsp3) is 0.529. The van der Waals surface area contributed by atoms with Gasteiger partial charge in [0.2, 0.25) is 5.91 Å². The molecule has 124 valence electrons. The third-order valence-electron chi connectivity index (χ3n) is 4.26. The maximum atomic E-state index is 12.6. The average Bonchev–Trinajstić information content (AvgIpc) is 3.16. The molecule has 1 aliphatic rings. The maximum absolute atomic E-state index is 12.6. The number of nitrogens with zero attached hydrogens (tertiary/aromatic N) is 2. The van der Waals surface area contributed by atoms with Crippen molar-refractivity contribution in [2.45, 2.75) is 51.7 Å². The van der Waals surface area contributed by atoms with Crippen LogP contribution in [0.3, 0.4) is 0 Å². The first-order valence-corrected chi connectivity index (χ1v) is 8.91. The number of aromatic nitrogens is 1. The molecule has 5 nitrogen and oxygen atoms in total. The summed E-state index contributed by atoms with van der Waals surface area (Å²) < 4.78 is 5.57. The first-order chi connectivity index (χ1) is 11.0. The Balaban J connectivity index is 1.69. The van der Waals surface area contributed by atoms with E-state index in [1.165, 1.54) is 11.3 Å². The van der Waals surface area contributed by atoms with Crippen LogP contribution in [0, 0.1) is 6.92 Å². The number of aliphatic hydroxyl groups excluding tert-OH is 1. The van der Waals surface area contributed by atoms with Crippen molar-refractivity contribution in [1.82, 2.24) is 9.88 Å². The fourth-order valence-electron chi connectivity index (χ4n) is 3.08. The van der Waals surface area contributed by atoms with Crippen molar-refractivity contribution in [1.29, 1.82) is 0 Å². The van der Waals surface area contributed by atoms with Crippen molar-refractivity contribution < 1.29 is 14.3 Å². The zero-order chi connectivity index (χ0) is 16.4. The van der Waals surface area contributed by atoms with Gasteiger partial charge in [-0.15, -0.1) is 11.3 Å². The van der Waals surface area contributed by atoms with Gasteiger partial charge in [-0.3, -0.25) is 4.79 Å². The zero-order valence-electron chi connectivity index (χ0n) is 13.5. The van der Waals surface area contributed by atoms with Crippen molar-refractivity contribution in [2.75, 3.05) is 6.54 Å². The standard InChI is InChI=1S/C17H22N2O3S/c1-11-6-7-15(22-11)17-18-13(10-23-17)9-16(21)19-8-4-3-5-14(19)12(2)20/h6-7,10,12,14,20H,3-5,8-9H2,1-2H3. The van der Waals surface area contributed by atoms with Gasteiger partial charge in [-0.1, -0.05) is 0 Å². The third kappa shape index (κ3) is 3.64. The summed E-state index contributed by atoms with van der Waals surface area (Å²) >= 11 is 1.49. The normalized spacial score (nSPS) is 19.8. The molecule has 1 amide bonds. The Morgan fingerprint density at radius 1 is 1.52 bits per heavy atom. The number of carbonyl (C=O) groups is 1. The van der Waals surface area contributed by atoms with Crippen LogP contribution in [0.1, 0.15) is 37.6 Å². The van der Waals surface area contributed by atoms with Crippen LogP contribution in [0.15, 0.2) is 21.9 Å². The quantitative estimate of drug-likeness (QED) is 0.933. The number of furan rings is 1. The lowest BCUT2D eigenvalue weighted by Crippen LogP contribution is -2.49. The molecule has 3 rings (SSSR count). The van der Waals surface area contributed by atoms with Crippen LogP contribution in [0.5, 0.6) is 0 Å². The molecule has 0 aliphatic carbocycles. The van der Waals surface area contributed by atoms with Crippen LogP contribution in [0.25, 0.3) is 10.8 Å². The Bertz CT molecular complexity index is 677. The molecule has 1 N–H and O–H groups in total. The van der Waals surface area contributed by atoms with E-state index in [-0.39, 0.29) is 18.4 Å². The van der Waals surface area contributed by atoms with Crippen LogP contribution >= 0.6 is 11.3 Å². The maximum Gasteiger partial charge on any atom is 0.228 e. The molecular weight excluding hydrogens is 312 g/mol. The second kappa shape index (κ2) is 6.84. The molecule has 1 fully saturated rings. The topological polar surface area (TPSA) is 66.6 Å². The highest BCUT2D eigenvalue weighted by atomic mass is 32.1. The van der Waals surface area contributed by atoms with E-state index in [0.717, 1.165) is 48.0 Å². The molecule has 6 heteroatoms. The van der Waals surface area contributed by atoms with E-state index in [1.807, 2.05) is 29.3 Å². The highest BCUT2D eigenvalue weighted by molar-refractivity contribution is 7.13. The van der Waals surface area contributed by atoms with Gasteiger partial charge in [0.05, 0.1) is 24.3 Å². The molecule has 2 atom stereocenters. The van der Waals surface area contributed by atoms with Gasteiger partial charge >= 0.3 is 0 Å². The Morgan fingerprint density at radius 2 is 2.35 bits per heavy atom. The summed E-state index contributed by atoms with van der Waals surface area (Å²) in [5, 5.41) is 12.6. The van der Waals surface area contributed by atoms with Gasteiger partial charge in [0.25, 0.3) is 0 Å². The minimum atomic E-state index is -0.490. The van der Waals surface area contributed by atoms with Crippen molar-refractivity contribution in [3.8, 4) is 10.8 Å². The van der Waals surface area contributed by atoms with Crippen LogP contribution in [-0.2, 0) is 11.2 Å².